The Hall–Kier alpha value is -2.35. The SMILES string of the molecule is C=Cc1cc(C)ccc1-c1nc2ccccc2o1. The normalized spacial score (nSPS) is 10.7. The second kappa shape index (κ2) is 4.15. The minimum atomic E-state index is 0.645. The van der Waals surface area contributed by atoms with Crippen LogP contribution in [-0.4, -0.2) is 4.98 Å². The van der Waals surface area contributed by atoms with E-state index in [1.54, 1.807) is 0 Å². The largest absolute Gasteiger partial charge is 0.436 e. The molecule has 18 heavy (non-hydrogen) atoms. The molecule has 3 aromatic rings. The molecular formula is C16H13NO. The van der Waals surface area contributed by atoms with E-state index in [2.05, 4.69) is 30.6 Å². The Bertz CT molecular complexity index is 692. The van der Waals surface area contributed by atoms with E-state index in [1.165, 1.54) is 5.56 Å². The van der Waals surface area contributed by atoms with Crippen LogP contribution in [0.25, 0.3) is 28.6 Å². The van der Waals surface area contributed by atoms with E-state index in [-0.39, 0.29) is 0 Å². The lowest BCUT2D eigenvalue weighted by molar-refractivity contribution is 0.619. The molecule has 0 N–H and O–H groups in total. The Morgan fingerprint density at radius 2 is 2.00 bits per heavy atom. The van der Waals surface area contributed by atoms with E-state index in [1.807, 2.05) is 36.4 Å². The lowest BCUT2D eigenvalue weighted by atomic mass is 10.0. The summed E-state index contributed by atoms with van der Waals surface area (Å²) < 4.78 is 5.78. The molecule has 2 heteroatoms. The van der Waals surface area contributed by atoms with Crippen molar-refractivity contribution < 1.29 is 4.42 Å². The predicted octanol–water partition coefficient (Wildman–Crippen LogP) is 4.45. The highest BCUT2D eigenvalue weighted by atomic mass is 16.3. The van der Waals surface area contributed by atoms with Gasteiger partial charge in [-0.05, 0) is 30.7 Å². The molecule has 0 amide bonds. The first-order chi connectivity index (χ1) is 8.78. The molecule has 0 aliphatic rings. The maximum Gasteiger partial charge on any atom is 0.227 e. The van der Waals surface area contributed by atoms with Gasteiger partial charge < -0.3 is 4.42 Å². The number of rotatable bonds is 2. The van der Waals surface area contributed by atoms with E-state index in [0.29, 0.717) is 5.89 Å². The van der Waals surface area contributed by atoms with Gasteiger partial charge in [-0.3, -0.25) is 0 Å². The van der Waals surface area contributed by atoms with Gasteiger partial charge in [0.05, 0.1) is 0 Å². The average Bonchev–Trinajstić information content (AvgIpc) is 2.82. The summed E-state index contributed by atoms with van der Waals surface area (Å²) in [7, 11) is 0. The molecule has 2 aromatic carbocycles. The fourth-order valence-corrected chi connectivity index (χ4v) is 2.03. The van der Waals surface area contributed by atoms with Crippen LogP contribution in [0.1, 0.15) is 11.1 Å². The number of hydrogen-bond acceptors (Lipinski definition) is 2. The van der Waals surface area contributed by atoms with Gasteiger partial charge in [-0.25, -0.2) is 4.98 Å². The van der Waals surface area contributed by atoms with E-state index in [4.69, 9.17) is 4.42 Å². The smallest absolute Gasteiger partial charge is 0.227 e. The minimum absolute atomic E-state index is 0.645. The fourth-order valence-electron chi connectivity index (χ4n) is 2.03. The molecule has 2 nitrogen and oxygen atoms in total. The second-order valence-electron chi connectivity index (χ2n) is 4.28. The number of hydrogen-bond donors (Lipinski definition) is 0. The topological polar surface area (TPSA) is 26.0 Å². The van der Waals surface area contributed by atoms with E-state index in [9.17, 15) is 0 Å². The predicted molar refractivity (Wildman–Crippen MR) is 74.3 cm³/mol. The van der Waals surface area contributed by atoms with Gasteiger partial charge >= 0.3 is 0 Å². The Morgan fingerprint density at radius 1 is 1.17 bits per heavy atom. The standard InChI is InChI=1S/C16H13NO/c1-3-12-10-11(2)8-9-13(12)16-17-14-6-4-5-7-15(14)18-16/h3-10H,1H2,2H3. The zero-order chi connectivity index (χ0) is 12.5. The Balaban J connectivity index is 2.22. The Kier molecular flexibility index (Phi) is 2.49. The number of oxazole rings is 1. The van der Waals surface area contributed by atoms with Gasteiger partial charge in [-0.1, -0.05) is 42.5 Å². The van der Waals surface area contributed by atoms with Crippen LogP contribution in [0.5, 0.6) is 0 Å². The van der Waals surface area contributed by atoms with Crippen molar-refractivity contribution in [3.05, 3.63) is 60.2 Å². The molecule has 0 saturated carbocycles. The molecule has 3 rings (SSSR count). The summed E-state index contributed by atoms with van der Waals surface area (Å²) in [4.78, 5) is 4.51. The highest BCUT2D eigenvalue weighted by Gasteiger charge is 2.10. The van der Waals surface area contributed by atoms with Crippen LogP contribution in [0.3, 0.4) is 0 Å². The molecule has 0 spiro atoms. The van der Waals surface area contributed by atoms with Crippen LogP contribution in [0.4, 0.5) is 0 Å². The van der Waals surface area contributed by atoms with Crippen molar-refractivity contribution in [3.63, 3.8) is 0 Å². The van der Waals surface area contributed by atoms with Crippen molar-refractivity contribution in [3.8, 4) is 11.5 Å². The molecule has 1 heterocycles. The third-order valence-corrected chi connectivity index (χ3v) is 2.95. The van der Waals surface area contributed by atoms with Gasteiger partial charge in [-0.15, -0.1) is 0 Å². The molecular weight excluding hydrogens is 222 g/mol. The third kappa shape index (κ3) is 1.72. The van der Waals surface area contributed by atoms with Crippen molar-refractivity contribution in [2.75, 3.05) is 0 Å². The van der Waals surface area contributed by atoms with Crippen molar-refractivity contribution in [1.82, 2.24) is 4.98 Å². The van der Waals surface area contributed by atoms with Gasteiger partial charge in [0.15, 0.2) is 5.58 Å². The third-order valence-electron chi connectivity index (χ3n) is 2.95. The monoisotopic (exact) mass is 235 g/mol. The lowest BCUT2D eigenvalue weighted by Gasteiger charge is -2.02. The summed E-state index contributed by atoms with van der Waals surface area (Å²) in [6.45, 7) is 5.90. The van der Waals surface area contributed by atoms with Crippen LogP contribution in [-0.2, 0) is 0 Å². The van der Waals surface area contributed by atoms with Gasteiger partial charge in [0.25, 0.3) is 0 Å². The van der Waals surface area contributed by atoms with Gasteiger partial charge in [0.1, 0.15) is 5.52 Å². The molecule has 0 atom stereocenters. The van der Waals surface area contributed by atoms with E-state index < -0.39 is 0 Å². The molecule has 0 saturated heterocycles. The van der Waals surface area contributed by atoms with E-state index >= 15 is 0 Å². The fraction of sp³-hybridized carbons (Fsp3) is 0.0625. The number of aromatic nitrogens is 1. The van der Waals surface area contributed by atoms with Gasteiger partial charge in [0.2, 0.25) is 5.89 Å². The molecule has 0 aliphatic carbocycles. The van der Waals surface area contributed by atoms with Crippen LogP contribution in [0.15, 0.2) is 53.5 Å². The first-order valence-corrected chi connectivity index (χ1v) is 5.87. The van der Waals surface area contributed by atoms with Gasteiger partial charge in [0, 0.05) is 5.56 Å². The van der Waals surface area contributed by atoms with Crippen molar-refractivity contribution in [1.29, 1.82) is 0 Å². The molecule has 0 fully saturated rings. The van der Waals surface area contributed by atoms with Crippen molar-refractivity contribution >= 4 is 17.2 Å². The summed E-state index contributed by atoms with van der Waals surface area (Å²) in [5, 5.41) is 0. The number of aryl methyl sites for hydroxylation is 1. The van der Waals surface area contributed by atoms with Crippen LogP contribution in [0.2, 0.25) is 0 Å². The average molecular weight is 235 g/mol. The van der Waals surface area contributed by atoms with Gasteiger partial charge in [-0.2, -0.15) is 0 Å². The molecule has 1 aromatic heterocycles. The summed E-state index contributed by atoms with van der Waals surface area (Å²) in [5.74, 6) is 0.645. The maximum atomic E-state index is 5.78. The number of para-hydroxylation sites is 2. The molecule has 0 bridgehead atoms. The molecule has 88 valence electrons. The van der Waals surface area contributed by atoms with Crippen molar-refractivity contribution in [2.45, 2.75) is 6.92 Å². The second-order valence-corrected chi connectivity index (χ2v) is 4.28. The quantitative estimate of drug-likeness (QED) is 0.656. The zero-order valence-electron chi connectivity index (χ0n) is 10.2. The first kappa shape index (κ1) is 10.8. The maximum absolute atomic E-state index is 5.78. The lowest BCUT2D eigenvalue weighted by Crippen LogP contribution is -1.84. The summed E-state index contributed by atoms with van der Waals surface area (Å²) in [5.41, 5.74) is 4.91. The minimum Gasteiger partial charge on any atom is -0.436 e. The van der Waals surface area contributed by atoms with Crippen LogP contribution in [0, 0.1) is 6.92 Å². The van der Waals surface area contributed by atoms with Crippen LogP contribution >= 0.6 is 0 Å². The van der Waals surface area contributed by atoms with Crippen LogP contribution < -0.4 is 0 Å². The number of benzene rings is 2. The Labute approximate surface area is 106 Å². The summed E-state index contributed by atoms with van der Waals surface area (Å²) >= 11 is 0. The van der Waals surface area contributed by atoms with E-state index in [0.717, 1.165) is 22.2 Å². The summed E-state index contributed by atoms with van der Waals surface area (Å²) in [6, 6.07) is 13.9. The van der Waals surface area contributed by atoms with Crippen molar-refractivity contribution in [2.24, 2.45) is 0 Å². The highest BCUT2D eigenvalue weighted by Crippen LogP contribution is 2.28. The zero-order valence-corrected chi connectivity index (χ0v) is 10.2. The summed E-state index contributed by atoms with van der Waals surface area (Å²) in [6.07, 6.45) is 1.83. The number of nitrogens with zero attached hydrogens (tertiary/aromatic N) is 1. The first-order valence-electron chi connectivity index (χ1n) is 5.87. The molecule has 0 aliphatic heterocycles. The molecule has 0 unspecified atom stereocenters. The number of fused-ring (bicyclic) bond motifs is 1. The molecule has 0 radical (unpaired) electrons. The highest BCUT2D eigenvalue weighted by molar-refractivity contribution is 5.78. The Morgan fingerprint density at radius 3 is 2.78 bits per heavy atom.